The van der Waals surface area contributed by atoms with Crippen LogP contribution in [0.5, 0.6) is 0 Å². The van der Waals surface area contributed by atoms with E-state index in [0.29, 0.717) is 11.8 Å². The van der Waals surface area contributed by atoms with Crippen molar-refractivity contribution in [3.8, 4) is 11.8 Å². The summed E-state index contributed by atoms with van der Waals surface area (Å²) in [5.41, 5.74) is 8.11. The first-order valence-corrected chi connectivity index (χ1v) is 13.2. The van der Waals surface area contributed by atoms with Crippen LogP contribution in [0.4, 0.5) is 0 Å². The molecule has 1 aliphatic heterocycles. The van der Waals surface area contributed by atoms with Gasteiger partial charge in [0.1, 0.15) is 0 Å². The van der Waals surface area contributed by atoms with Gasteiger partial charge in [0.2, 0.25) is 0 Å². The predicted molar refractivity (Wildman–Crippen MR) is 148 cm³/mol. The minimum absolute atomic E-state index is 0.148. The summed E-state index contributed by atoms with van der Waals surface area (Å²) in [6.45, 7) is 11.6. The minimum atomic E-state index is 0.148. The zero-order chi connectivity index (χ0) is 24.6. The quantitative estimate of drug-likeness (QED) is 0.402. The van der Waals surface area contributed by atoms with Crippen LogP contribution in [0.15, 0.2) is 53.4 Å². The first-order chi connectivity index (χ1) is 17.0. The number of nitrogens with one attached hydrogen (secondary N) is 1. The minimum Gasteiger partial charge on any atom is -0.337 e. The van der Waals surface area contributed by atoms with Crippen LogP contribution in [-0.4, -0.2) is 34.9 Å². The van der Waals surface area contributed by atoms with Crippen molar-refractivity contribution in [2.75, 3.05) is 13.1 Å². The molecule has 0 saturated carbocycles. The number of hydrogen-bond donors (Lipinski definition) is 1. The average Bonchev–Trinajstić information content (AvgIpc) is 3.28. The summed E-state index contributed by atoms with van der Waals surface area (Å²) in [5, 5.41) is 3.56. The molecule has 4 nitrogen and oxygen atoms in total. The molecule has 2 aliphatic rings. The third kappa shape index (κ3) is 6.83. The molecule has 0 spiro atoms. The van der Waals surface area contributed by atoms with Gasteiger partial charge in [-0.15, -0.1) is 5.92 Å². The van der Waals surface area contributed by atoms with E-state index in [2.05, 4.69) is 84.0 Å². The maximum atomic E-state index is 4.90. The molecule has 2 unspecified atom stereocenters. The molecular weight excluding hydrogens is 428 g/mol. The fourth-order valence-electron chi connectivity index (χ4n) is 5.68. The Morgan fingerprint density at radius 1 is 1.20 bits per heavy atom. The Morgan fingerprint density at radius 3 is 2.77 bits per heavy atom. The monoisotopic (exact) mass is 468 g/mol. The molecule has 2 aromatic rings. The van der Waals surface area contributed by atoms with Crippen molar-refractivity contribution in [2.45, 2.75) is 78.3 Å². The number of piperidine rings is 1. The molecule has 1 aliphatic carbocycles. The fraction of sp³-hybridized carbons (Fsp3) is 0.484. The number of imidazole rings is 1. The summed E-state index contributed by atoms with van der Waals surface area (Å²) >= 11 is 0. The molecule has 0 bridgehead atoms. The molecule has 1 aromatic carbocycles. The summed E-state index contributed by atoms with van der Waals surface area (Å²) in [4.78, 5) is 9.29. The van der Waals surface area contributed by atoms with Gasteiger partial charge in [0.15, 0.2) is 0 Å². The summed E-state index contributed by atoms with van der Waals surface area (Å²) < 4.78 is 2.21. The molecule has 0 amide bonds. The topological polar surface area (TPSA) is 42.2 Å². The van der Waals surface area contributed by atoms with E-state index in [0.717, 1.165) is 44.6 Å². The lowest BCUT2D eigenvalue weighted by molar-refractivity contribution is 0.302. The highest BCUT2D eigenvalue weighted by Gasteiger charge is 2.30. The highest BCUT2D eigenvalue weighted by molar-refractivity contribution is 5.78. The van der Waals surface area contributed by atoms with Crippen molar-refractivity contribution < 1.29 is 0 Å². The van der Waals surface area contributed by atoms with E-state index in [4.69, 9.17) is 4.99 Å². The molecule has 35 heavy (non-hydrogen) atoms. The van der Waals surface area contributed by atoms with E-state index in [1.54, 1.807) is 6.21 Å². The first kappa shape index (κ1) is 25.2. The standard InChI is InChI=1S/C31H40N4/c1-5-6-13-33-28-18-24(3)17-27(8-7-16-35-21-25(4)34-22-35)30-19-23(2)9-10-29(30)31(20-28)26-11-14-32-15-12-26/h9-10,13,17-19,21-22,26,28,31-32H,7-8,11-12,14-16,20H2,1-4H3/b24-18?,27-17-,33-13?. The molecule has 0 radical (unpaired) electrons. The van der Waals surface area contributed by atoms with Gasteiger partial charge in [0.05, 0.1) is 24.3 Å². The summed E-state index contributed by atoms with van der Waals surface area (Å²) in [6, 6.07) is 7.29. The zero-order valence-electron chi connectivity index (χ0n) is 21.8. The molecule has 4 rings (SSSR count). The number of allylic oxidation sites excluding steroid dienone is 3. The summed E-state index contributed by atoms with van der Waals surface area (Å²) in [5.74, 6) is 7.15. The Hall–Kier alpha value is -2.90. The molecule has 1 N–H and O–H groups in total. The van der Waals surface area contributed by atoms with Crippen LogP contribution in [0.25, 0.3) is 5.57 Å². The number of aromatic nitrogens is 2. The summed E-state index contributed by atoms with van der Waals surface area (Å²) in [6.07, 6.45) is 16.3. The highest BCUT2D eigenvalue weighted by atomic mass is 15.0. The third-order valence-corrected chi connectivity index (χ3v) is 7.36. The van der Waals surface area contributed by atoms with E-state index < -0.39 is 0 Å². The second-order valence-electron chi connectivity index (χ2n) is 10.2. The van der Waals surface area contributed by atoms with Crippen molar-refractivity contribution in [1.82, 2.24) is 14.9 Å². The lowest BCUT2D eigenvalue weighted by Crippen LogP contribution is -2.32. The van der Waals surface area contributed by atoms with Crippen LogP contribution in [0, 0.1) is 31.6 Å². The fourth-order valence-corrected chi connectivity index (χ4v) is 5.68. The van der Waals surface area contributed by atoms with Crippen LogP contribution in [0.2, 0.25) is 0 Å². The first-order valence-electron chi connectivity index (χ1n) is 13.2. The van der Waals surface area contributed by atoms with E-state index in [1.807, 2.05) is 13.3 Å². The van der Waals surface area contributed by atoms with Crippen molar-refractivity contribution in [1.29, 1.82) is 0 Å². The largest absolute Gasteiger partial charge is 0.337 e. The molecule has 4 heteroatoms. The van der Waals surface area contributed by atoms with Crippen LogP contribution >= 0.6 is 0 Å². The second kappa shape index (κ2) is 12.2. The SMILES string of the molecule is CC#CC=NC1C=C(C)/C=C(/CCCn2cnc(C)c2)c2cc(C)ccc2C(C2CCNCC2)C1. The van der Waals surface area contributed by atoms with Gasteiger partial charge >= 0.3 is 0 Å². The zero-order valence-corrected chi connectivity index (χ0v) is 21.8. The van der Waals surface area contributed by atoms with Crippen LogP contribution in [0.3, 0.4) is 0 Å². The molecule has 1 fully saturated rings. The van der Waals surface area contributed by atoms with Gasteiger partial charge in [0.25, 0.3) is 0 Å². The van der Waals surface area contributed by atoms with Gasteiger partial charge in [-0.05, 0) is 101 Å². The number of nitrogens with zero attached hydrogens (tertiary/aromatic N) is 3. The van der Waals surface area contributed by atoms with E-state index in [-0.39, 0.29) is 6.04 Å². The van der Waals surface area contributed by atoms with Crippen molar-refractivity contribution in [2.24, 2.45) is 10.9 Å². The Balaban J connectivity index is 1.72. The Labute approximate surface area is 211 Å². The van der Waals surface area contributed by atoms with Gasteiger partial charge in [-0.25, -0.2) is 4.98 Å². The van der Waals surface area contributed by atoms with Crippen molar-refractivity contribution in [3.05, 3.63) is 70.8 Å². The molecule has 1 aromatic heterocycles. The van der Waals surface area contributed by atoms with Gasteiger partial charge in [-0.2, -0.15) is 0 Å². The Morgan fingerprint density at radius 2 is 2.03 bits per heavy atom. The van der Waals surface area contributed by atoms with Gasteiger partial charge in [0, 0.05) is 12.7 Å². The third-order valence-electron chi connectivity index (χ3n) is 7.36. The Bertz CT molecular complexity index is 1150. The highest BCUT2D eigenvalue weighted by Crippen LogP contribution is 2.41. The number of aliphatic imine (C=N–C) groups is 1. The number of hydrogen-bond acceptors (Lipinski definition) is 3. The number of aryl methyl sites for hydroxylation is 3. The lowest BCUT2D eigenvalue weighted by Gasteiger charge is -2.33. The van der Waals surface area contributed by atoms with E-state index >= 15 is 0 Å². The van der Waals surface area contributed by atoms with Gasteiger partial charge < -0.3 is 9.88 Å². The molecule has 1 saturated heterocycles. The van der Waals surface area contributed by atoms with Gasteiger partial charge in [-0.1, -0.05) is 47.4 Å². The lowest BCUT2D eigenvalue weighted by atomic mass is 9.74. The van der Waals surface area contributed by atoms with Crippen molar-refractivity contribution >= 4 is 11.8 Å². The number of benzene rings is 1. The Kier molecular flexibility index (Phi) is 8.77. The molecular formula is C31H40N4. The van der Waals surface area contributed by atoms with Crippen molar-refractivity contribution in [3.63, 3.8) is 0 Å². The maximum absolute atomic E-state index is 4.90. The normalized spacial score (nSPS) is 22.7. The smallest absolute Gasteiger partial charge is 0.0949 e. The second-order valence-corrected chi connectivity index (χ2v) is 10.2. The molecule has 2 atom stereocenters. The maximum Gasteiger partial charge on any atom is 0.0949 e. The van der Waals surface area contributed by atoms with Gasteiger partial charge in [-0.3, -0.25) is 4.99 Å². The van der Waals surface area contributed by atoms with Crippen LogP contribution in [0.1, 0.15) is 74.3 Å². The van der Waals surface area contributed by atoms with E-state index in [9.17, 15) is 0 Å². The number of rotatable bonds is 6. The van der Waals surface area contributed by atoms with Crippen LogP contribution in [-0.2, 0) is 6.54 Å². The molecule has 184 valence electrons. The summed E-state index contributed by atoms with van der Waals surface area (Å²) in [7, 11) is 0. The molecule has 2 heterocycles. The van der Waals surface area contributed by atoms with E-state index in [1.165, 1.54) is 40.7 Å². The predicted octanol–water partition coefficient (Wildman–Crippen LogP) is 6.26. The average molecular weight is 469 g/mol. The number of fused-ring (bicyclic) bond motifs is 1. The van der Waals surface area contributed by atoms with Crippen LogP contribution < -0.4 is 5.32 Å².